The number of fused-ring (bicyclic) bond motifs is 1. The van der Waals surface area contributed by atoms with Crippen LogP contribution in [0.1, 0.15) is 11.4 Å². The van der Waals surface area contributed by atoms with E-state index >= 15 is 0 Å². The van der Waals surface area contributed by atoms with Gasteiger partial charge in [-0.05, 0) is 48.9 Å². The van der Waals surface area contributed by atoms with E-state index in [2.05, 4.69) is 44.5 Å². The standard InChI is InChI=1S/C21H25FN6/c1-15-3-8-19-18(13-15)25-20(26(19)2)14-24-21(23)28-11-9-27(10-12-28)17-6-4-16(22)5-7-17/h3-8,13H,9-12,14H2,1-2H3,(H2,23,24). The zero-order chi connectivity index (χ0) is 19.7. The van der Waals surface area contributed by atoms with Gasteiger partial charge in [0.25, 0.3) is 0 Å². The van der Waals surface area contributed by atoms with Gasteiger partial charge >= 0.3 is 0 Å². The van der Waals surface area contributed by atoms with E-state index in [1.54, 1.807) is 0 Å². The van der Waals surface area contributed by atoms with Crippen LogP contribution in [-0.2, 0) is 13.6 Å². The fourth-order valence-corrected chi connectivity index (χ4v) is 3.60. The quantitative estimate of drug-likeness (QED) is 0.561. The Labute approximate surface area is 164 Å². The van der Waals surface area contributed by atoms with Crippen LogP contribution in [0.3, 0.4) is 0 Å². The van der Waals surface area contributed by atoms with Crippen LogP contribution in [0.25, 0.3) is 11.0 Å². The van der Waals surface area contributed by atoms with Crippen molar-refractivity contribution in [1.29, 1.82) is 0 Å². The minimum Gasteiger partial charge on any atom is -0.370 e. The van der Waals surface area contributed by atoms with Gasteiger partial charge in [-0.15, -0.1) is 0 Å². The van der Waals surface area contributed by atoms with Gasteiger partial charge in [0.05, 0.1) is 11.0 Å². The van der Waals surface area contributed by atoms with E-state index in [0.717, 1.165) is 48.7 Å². The molecule has 28 heavy (non-hydrogen) atoms. The van der Waals surface area contributed by atoms with Crippen LogP contribution in [0.4, 0.5) is 10.1 Å². The summed E-state index contributed by atoms with van der Waals surface area (Å²) in [6.45, 7) is 5.74. The van der Waals surface area contributed by atoms with Crippen LogP contribution < -0.4 is 10.6 Å². The molecule has 1 aromatic heterocycles. The molecule has 7 heteroatoms. The topological polar surface area (TPSA) is 62.7 Å². The monoisotopic (exact) mass is 380 g/mol. The highest BCUT2D eigenvalue weighted by Gasteiger charge is 2.19. The normalized spacial score (nSPS) is 15.5. The van der Waals surface area contributed by atoms with Crippen LogP contribution in [-0.4, -0.2) is 46.6 Å². The summed E-state index contributed by atoms with van der Waals surface area (Å²) >= 11 is 0. The summed E-state index contributed by atoms with van der Waals surface area (Å²) in [5.41, 5.74) is 10.6. The molecule has 0 unspecified atom stereocenters. The maximum absolute atomic E-state index is 13.1. The summed E-state index contributed by atoms with van der Waals surface area (Å²) in [6.07, 6.45) is 0. The molecule has 2 aromatic carbocycles. The fraction of sp³-hybridized carbons (Fsp3) is 0.333. The number of aryl methyl sites for hydroxylation is 2. The zero-order valence-electron chi connectivity index (χ0n) is 16.3. The highest BCUT2D eigenvalue weighted by Crippen LogP contribution is 2.18. The van der Waals surface area contributed by atoms with Gasteiger partial charge in [0, 0.05) is 38.9 Å². The summed E-state index contributed by atoms with van der Waals surface area (Å²) < 4.78 is 15.2. The van der Waals surface area contributed by atoms with E-state index in [1.165, 1.54) is 17.7 Å². The molecule has 0 saturated carbocycles. The maximum atomic E-state index is 13.1. The number of anilines is 1. The molecule has 2 N–H and O–H groups in total. The first-order valence-electron chi connectivity index (χ1n) is 9.48. The number of piperazine rings is 1. The Morgan fingerprint density at radius 3 is 2.54 bits per heavy atom. The Hall–Kier alpha value is -3.09. The first-order chi connectivity index (χ1) is 13.5. The van der Waals surface area contributed by atoms with Gasteiger partial charge in [-0.1, -0.05) is 6.07 Å². The number of nitrogens with two attached hydrogens (primary N) is 1. The van der Waals surface area contributed by atoms with Gasteiger partial charge < -0.3 is 20.1 Å². The Balaban J connectivity index is 1.40. The van der Waals surface area contributed by atoms with E-state index in [4.69, 9.17) is 10.7 Å². The second kappa shape index (κ2) is 7.50. The molecule has 1 aliphatic heterocycles. The summed E-state index contributed by atoms with van der Waals surface area (Å²) in [5, 5.41) is 0. The number of guanidine groups is 1. The smallest absolute Gasteiger partial charge is 0.191 e. The molecule has 0 aliphatic carbocycles. The Morgan fingerprint density at radius 1 is 1.11 bits per heavy atom. The average Bonchev–Trinajstić information content (AvgIpc) is 3.01. The van der Waals surface area contributed by atoms with E-state index in [-0.39, 0.29) is 5.82 Å². The summed E-state index contributed by atoms with van der Waals surface area (Å²) in [5.74, 6) is 1.23. The second-order valence-electron chi connectivity index (χ2n) is 7.20. The third kappa shape index (κ3) is 3.65. The molecule has 4 rings (SSSR count). The Morgan fingerprint density at radius 2 is 1.82 bits per heavy atom. The van der Waals surface area contributed by atoms with Gasteiger partial charge in [-0.25, -0.2) is 14.4 Å². The number of rotatable bonds is 3. The van der Waals surface area contributed by atoms with Crippen molar-refractivity contribution in [3.63, 3.8) is 0 Å². The first kappa shape index (κ1) is 18.3. The molecule has 6 nitrogen and oxygen atoms in total. The highest BCUT2D eigenvalue weighted by molar-refractivity contribution is 5.79. The van der Waals surface area contributed by atoms with Crippen molar-refractivity contribution in [1.82, 2.24) is 14.5 Å². The minimum absolute atomic E-state index is 0.212. The predicted molar refractivity (Wildman–Crippen MR) is 111 cm³/mol. The van der Waals surface area contributed by atoms with E-state index in [9.17, 15) is 4.39 Å². The molecule has 0 spiro atoms. The van der Waals surface area contributed by atoms with Crippen LogP contribution in [0.15, 0.2) is 47.5 Å². The third-order valence-electron chi connectivity index (χ3n) is 5.31. The van der Waals surface area contributed by atoms with Crippen LogP contribution in [0.5, 0.6) is 0 Å². The molecular formula is C21H25FN6. The van der Waals surface area contributed by atoms with Crippen molar-refractivity contribution < 1.29 is 4.39 Å². The van der Waals surface area contributed by atoms with Gasteiger partial charge in [0.15, 0.2) is 5.96 Å². The van der Waals surface area contributed by atoms with Crippen LogP contribution in [0, 0.1) is 12.7 Å². The average molecular weight is 380 g/mol. The molecule has 1 saturated heterocycles. The molecular weight excluding hydrogens is 355 g/mol. The summed E-state index contributed by atoms with van der Waals surface area (Å²) in [6, 6.07) is 12.9. The largest absolute Gasteiger partial charge is 0.370 e. The van der Waals surface area contributed by atoms with Crippen molar-refractivity contribution >= 4 is 22.7 Å². The number of hydrogen-bond donors (Lipinski definition) is 1. The molecule has 3 aromatic rings. The Kier molecular flexibility index (Phi) is 4.90. The third-order valence-corrected chi connectivity index (χ3v) is 5.31. The second-order valence-corrected chi connectivity index (χ2v) is 7.20. The van der Waals surface area contributed by atoms with Gasteiger partial charge in [-0.2, -0.15) is 0 Å². The number of aromatic nitrogens is 2. The lowest BCUT2D eigenvalue weighted by atomic mass is 10.2. The van der Waals surface area contributed by atoms with Crippen molar-refractivity contribution in [2.75, 3.05) is 31.1 Å². The maximum Gasteiger partial charge on any atom is 0.191 e. The van der Waals surface area contributed by atoms with Crippen molar-refractivity contribution in [2.45, 2.75) is 13.5 Å². The van der Waals surface area contributed by atoms with Crippen molar-refractivity contribution in [2.24, 2.45) is 17.8 Å². The van der Waals surface area contributed by atoms with Gasteiger partial charge in [0.2, 0.25) is 0 Å². The molecule has 146 valence electrons. The molecule has 0 atom stereocenters. The zero-order valence-corrected chi connectivity index (χ0v) is 16.3. The van der Waals surface area contributed by atoms with Crippen molar-refractivity contribution in [3.05, 3.63) is 59.7 Å². The van der Waals surface area contributed by atoms with E-state index in [1.807, 2.05) is 19.2 Å². The van der Waals surface area contributed by atoms with Crippen molar-refractivity contribution in [3.8, 4) is 0 Å². The lowest BCUT2D eigenvalue weighted by molar-refractivity contribution is 0.380. The number of hydrogen-bond acceptors (Lipinski definition) is 3. The predicted octanol–water partition coefficient (Wildman–Crippen LogP) is 2.66. The molecule has 1 aliphatic rings. The van der Waals surface area contributed by atoms with Crippen LogP contribution >= 0.6 is 0 Å². The van der Waals surface area contributed by atoms with E-state index in [0.29, 0.717) is 12.5 Å². The lowest BCUT2D eigenvalue weighted by Gasteiger charge is -2.36. The fourth-order valence-electron chi connectivity index (χ4n) is 3.60. The molecule has 0 bridgehead atoms. The SMILES string of the molecule is Cc1ccc2c(c1)nc(CN=C(N)N1CCN(c3ccc(F)cc3)CC1)n2C. The number of benzene rings is 2. The molecule has 0 radical (unpaired) electrons. The number of aliphatic imine (C=N–C) groups is 1. The summed E-state index contributed by atoms with van der Waals surface area (Å²) in [7, 11) is 2.01. The van der Waals surface area contributed by atoms with Gasteiger partial charge in [-0.3, -0.25) is 0 Å². The van der Waals surface area contributed by atoms with Gasteiger partial charge in [0.1, 0.15) is 18.2 Å². The number of nitrogens with zero attached hydrogens (tertiary/aromatic N) is 5. The minimum atomic E-state index is -0.212. The highest BCUT2D eigenvalue weighted by atomic mass is 19.1. The van der Waals surface area contributed by atoms with Crippen LogP contribution in [0.2, 0.25) is 0 Å². The Bertz CT molecular complexity index is 1000. The molecule has 1 fully saturated rings. The molecule has 0 amide bonds. The lowest BCUT2D eigenvalue weighted by Crippen LogP contribution is -2.51. The molecule has 2 heterocycles. The first-order valence-corrected chi connectivity index (χ1v) is 9.48. The summed E-state index contributed by atoms with van der Waals surface area (Å²) in [4.78, 5) is 13.6. The van der Waals surface area contributed by atoms with E-state index < -0.39 is 0 Å². The number of halogens is 1. The number of imidazole rings is 1.